The molecule has 0 aliphatic carbocycles. The highest BCUT2D eigenvalue weighted by Crippen LogP contribution is 2.36. The maximum absolute atomic E-state index is 13.7. The minimum atomic E-state index is -0.251. The van der Waals surface area contributed by atoms with Crippen LogP contribution in [0.2, 0.25) is 0 Å². The van der Waals surface area contributed by atoms with Crippen molar-refractivity contribution in [3.05, 3.63) is 59.4 Å². The van der Waals surface area contributed by atoms with Crippen LogP contribution in [0, 0.1) is 5.82 Å². The minimum Gasteiger partial charge on any atom is -0.496 e. The summed E-state index contributed by atoms with van der Waals surface area (Å²) in [4.78, 5) is 0. The minimum absolute atomic E-state index is 0.223. The van der Waals surface area contributed by atoms with Gasteiger partial charge in [-0.15, -0.1) is 0 Å². The van der Waals surface area contributed by atoms with Gasteiger partial charge in [0.1, 0.15) is 11.6 Å². The Morgan fingerprint density at radius 2 is 1.96 bits per heavy atom. The molecule has 2 aromatic carbocycles. The smallest absolute Gasteiger partial charge is 0.128 e. The van der Waals surface area contributed by atoms with Gasteiger partial charge in [-0.1, -0.05) is 26.0 Å². The van der Waals surface area contributed by atoms with Gasteiger partial charge in [-0.2, -0.15) is 0 Å². The predicted molar refractivity (Wildman–Crippen MR) is 109 cm³/mol. The number of nitrogen functional groups attached to an aromatic ring is 1. The molecule has 1 atom stereocenters. The Hall–Kier alpha value is -2.49. The molecule has 0 aliphatic heterocycles. The van der Waals surface area contributed by atoms with E-state index in [2.05, 4.69) is 38.2 Å². The summed E-state index contributed by atoms with van der Waals surface area (Å²) in [7, 11) is 1.67. The first-order valence-electron chi connectivity index (χ1n) is 9.07. The predicted octanol–water partition coefficient (Wildman–Crippen LogP) is 5.62. The van der Waals surface area contributed by atoms with E-state index in [1.165, 1.54) is 6.07 Å². The summed E-state index contributed by atoms with van der Waals surface area (Å²) in [5.74, 6) is 0.571. The molecule has 0 spiro atoms. The van der Waals surface area contributed by atoms with Crippen LogP contribution in [-0.2, 0) is 5.41 Å². The first-order valence-corrected chi connectivity index (χ1v) is 9.07. The topological polar surface area (TPSA) is 47.3 Å². The van der Waals surface area contributed by atoms with Crippen LogP contribution >= 0.6 is 0 Å². The molecule has 0 saturated heterocycles. The Morgan fingerprint density at radius 1 is 1.19 bits per heavy atom. The molecule has 0 saturated carbocycles. The van der Waals surface area contributed by atoms with E-state index >= 15 is 0 Å². The Balaban J connectivity index is 2.23. The number of nitrogens with two attached hydrogens (primary N) is 1. The van der Waals surface area contributed by atoms with Gasteiger partial charge in [0, 0.05) is 29.5 Å². The Bertz CT molecular complexity index is 773. The van der Waals surface area contributed by atoms with Gasteiger partial charge in [-0.25, -0.2) is 4.39 Å². The van der Waals surface area contributed by atoms with E-state index < -0.39 is 0 Å². The fourth-order valence-electron chi connectivity index (χ4n) is 3.10. The lowest BCUT2D eigenvalue weighted by Gasteiger charge is -2.29. The van der Waals surface area contributed by atoms with Crippen molar-refractivity contribution >= 4 is 17.5 Å². The molecular weight excluding hydrogens is 327 g/mol. The van der Waals surface area contributed by atoms with Gasteiger partial charge in [0.15, 0.2) is 0 Å². The average Bonchev–Trinajstić information content (AvgIpc) is 2.64. The first kappa shape index (κ1) is 19.8. The van der Waals surface area contributed by atoms with Crippen molar-refractivity contribution in [3.63, 3.8) is 0 Å². The number of hydrogen-bond acceptors (Lipinski definition) is 3. The number of methoxy groups -OCH3 is 1. The zero-order chi connectivity index (χ0) is 19.2. The highest BCUT2D eigenvalue weighted by atomic mass is 19.1. The Kier molecular flexibility index (Phi) is 6.67. The largest absolute Gasteiger partial charge is 0.496 e. The maximum Gasteiger partial charge on any atom is 0.128 e. The standard InChI is InChI=1S/C22H29FN2O/c1-5-22(3,19-14-17(23)10-12-20(19)24)13-7-8-16-9-11-18(25-6-2)15-21(16)26-4/h7-12,14-15,25H,5-6,13,24H2,1-4H3/b8-7+. The van der Waals surface area contributed by atoms with E-state index in [1.807, 2.05) is 18.2 Å². The second kappa shape index (κ2) is 8.75. The molecule has 26 heavy (non-hydrogen) atoms. The summed E-state index contributed by atoms with van der Waals surface area (Å²) in [6.07, 6.45) is 5.79. The number of ether oxygens (including phenoxy) is 1. The van der Waals surface area contributed by atoms with Crippen LogP contribution in [0.4, 0.5) is 15.8 Å². The monoisotopic (exact) mass is 356 g/mol. The molecule has 2 rings (SSSR count). The highest BCUT2D eigenvalue weighted by molar-refractivity contribution is 5.63. The number of halogens is 1. The molecule has 0 bridgehead atoms. The highest BCUT2D eigenvalue weighted by Gasteiger charge is 2.26. The summed E-state index contributed by atoms with van der Waals surface area (Å²) in [6.45, 7) is 7.14. The SMILES string of the molecule is CCNc1ccc(/C=C/CC(C)(CC)c2cc(F)ccc2N)c(OC)c1. The molecule has 0 radical (unpaired) electrons. The van der Waals surface area contributed by atoms with E-state index in [4.69, 9.17) is 10.5 Å². The van der Waals surface area contributed by atoms with Gasteiger partial charge in [-0.05, 0) is 61.1 Å². The lowest BCUT2D eigenvalue weighted by atomic mass is 9.76. The third-order valence-electron chi connectivity index (χ3n) is 4.93. The molecule has 3 nitrogen and oxygen atoms in total. The molecule has 140 valence electrons. The van der Waals surface area contributed by atoms with Crippen LogP contribution in [0.5, 0.6) is 5.75 Å². The molecular formula is C22H29FN2O. The number of allylic oxidation sites excluding steroid dienone is 1. The van der Waals surface area contributed by atoms with Gasteiger partial charge < -0.3 is 15.8 Å². The first-order chi connectivity index (χ1) is 12.4. The van der Waals surface area contributed by atoms with Crippen LogP contribution in [0.3, 0.4) is 0 Å². The molecule has 2 aromatic rings. The third kappa shape index (κ3) is 4.57. The van der Waals surface area contributed by atoms with Crippen molar-refractivity contribution in [1.82, 2.24) is 0 Å². The van der Waals surface area contributed by atoms with E-state index in [0.29, 0.717) is 5.69 Å². The zero-order valence-electron chi connectivity index (χ0n) is 16.1. The fourth-order valence-corrected chi connectivity index (χ4v) is 3.10. The van der Waals surface area contributed by atoms with Crippen molar-refractivity contribution in [3.8, 4) is 5.75 Å². The van der Waals surface area contributed by atoms with Crippen molar-refractivity contribution in [1.29, 1.82) is 0 Å². The van der Waals surface area contributed by atoms with E-state index in [0.717, 1.165) is 42.0 Å². The number of nitrogens with one attached hydrogen (secondary N) is 1. The lowest BCUT2D eigenvalue weighted by molar-refractivity contribution is 0.414. The van der Waals surface area contributed by atoms with Crippen LogP contribution in [-0.4, -0.2) is 13.7 Å². The number of anilines is 2. The lowest BCUT2D eigenvalue weighted by Crippen LogP contribution is -2.22. The molecule has 0 amide bonds. The van der Waals surface area contributed by atoms with Gasteiger partial charge in [0.2, 0.25) is 0 Å². The van der Waals surface area contributed by atoms with Gasteiger partial charge in [0.25, 0.3) is 0 Å². The Morgan fingerprint density at radius 3 is 2.62 bits per heavy atom. The average molecular weight is 356 g/mol. The van der Waals surface area contributed by atoms with Crippen LogP contribution in [0.15, 0.2) is 42.5 Å². The number of rotatable bonds is 8. The second-order valence-corrected chi connectivity index (χ2v) is 6.74. The van der Waals surface area contributed by atoms with Crippen LogP contribution in [0.1, 0.15) is 44.7 Å². The van der Waals surface area contributed by atoms with E-state index in [1.54, 1.807) is 19.2 Å². The van der Waals surface area contributed by atoms with Gasteiger partial charge in [-0.3, -0.25) is 0 Å². The zero-order valence-corrected chi connectivity index (χ0v) is 16.1. The van der Waals surface area contributed by atoms with E-state index in [-0.39, 0.29) is 11.2 Å². The van der Waals surface area contributed by atoms with E-state index in [9.17, 15) is 4.39 Å². The molecule has 1 unspecified atom stereocenters. The molecule has 0 aromatic heterocycles. The Labute approximate surface area is 156 Å². The van der Waals surface area contributed by atoms with Crippen molar-refractivity contribution in [2.45, 2.75) is 39.0 Å². The summed E-state index contributed by atoms with van der Waals surface area (Å²) in [5, 5.41) is 3.28. The molecule has 0 heterocycles. The molecule has 0 aliphatic rings. The van der Waals surface area contributed by atoms with Crippen molar-refractivity contribution in [2.24, 2.45) is 0 Å². The van der Waals surface area contributed by atoms with Crippen molar-refractivity contribution in [2.75, 3.05) is 24.7 Å². The maximum atomic E-state index is 13.7. The fraction of sp³-hybridized carbons (Fsp3) is 0.364. The summed E-state index contributed by atoms with van der Waals surface area (Å²) in [6, 6.07) is 10.7. The summed E-state index contributed by atoms with van der Waals surface area (Å²) < 4.78 is 19.2. The normalized spacial score (nSPS) is 13.6. The molecule has 4 heteroatoms. The van der Waals surface area contributed by atoms with Gasteiger partial charge in [0.05, 0.1) is 7.11 Å². The van der Waals surface area contributed by atoms with Crippen molar-refractivity contribution < 1.29 is 9.13 Å². The molecule has 0 fully saturated rings. The summed E-state index contributed by atoms with van der Waals surface area (Å²) >= 11 is 0. The van der Waals surface area contributed by atoms with Crippen LogP contribution < -0.4 is 15.8 Å². The van der Waals surface area contributed by atoms with Crippen LogP contribution in [0.25, 0.3) is 6.08 Å². The quantitative estimate of drug-likeness (QED) is 0.604. The second-order valence-electron chi connectivity index (χ2n) is 6.74. The third-order valence-corrected chi connectivity index (χ3v) is 4.93. The molecule has 3 N–H and O–H groups in total. The van der Waals surface area contributed by atoms with Gasteiger partial charge >= 0.3 is 0 Å². The number of benzene rings is 2. The summed E-state index contributed by atoms with van der Waals surface area (Å²) in [5.41, 5.74) is 9.43. The number of hydrogen-bond donors (Lipinski definition) is 2.